The van der Waals surface area contributed by atoms with Crippen LogP contribution < -0.4 is 17.2 Å². The first-order valence-electron chi connectivity index (χ1n) is 17.3. The quantitative estimate of drug-likeness (QED) is 0.0919. The summed E-state index contributed by atoms with van der Waals surface area (Å²) in [6, 6.07) is 6.67. The second-order valence-corrected chi connectivity index (χ2v) is 15.3. The van der Waals surface area contributed by atoms with E-state index in [1.54, 1.807) is 24.3 Å². The van der Waals surface area contributed by atoms with Gasteiger partial charge in [-0.2, -0.15) is 0 Å². The van der Waals surface area contributed by atoms with Crippen molar-refractivity contribution in [3.63, 3.8) is 0 Å². The first-order valence-corrected chi connectivity index (χ1v) is 19.2. The Balaban J connectivity index is 0.000000164. The summed E-state index contributed by atoms with van der Waals surface area (Å²) in [5.41, 5.74) is 11.7. The number of Topliss-reactive ketones (excluding diaryl/α,β-unsaturated/α-hetero) is 3. The molecule has 0 bridgehead atoms. The monoisotopic (exact) mass is 875 g/mol. The number of H-pyrrole nitrogens is 2. The summed E-state index contributed by atoms with van der Waals surface area (Å²) in [5, 5.41) is 7.41. The van der Waals surface area contributed by atoms with Gasteiger partial charge >= 0.3 is 11.5 Å². The molecule has 0 unspecified atom stereocenters. The van der Waals surface area contributed by atoms with Crippen LogP contribution in [0.1, 0.15) is 63.6 Å². The largest absolute Gasteiger partial charge is 0.439 e. The second kappa shape index (κ2) is 18.1. The van der Waals surface area contributed by atoms with E-state index in [0.29, 0.717) is 61.6 Å². The van der Waals surface area contributed by atoms with Crippen LogP contribution in [-0.2, 0) is 28.9 Å². The number of nitrogens with one attached hydrogen (secondary N) is 2. The summed E-state index contributed by atoms with van der Waals surface area (Å²) < 4.78 is 8.29. The number of halogens is 5. The fraction of sp³-hybridized carbons (Fsp3) is 0.297. The zero-order valence-electron chi connectivity index (χ0n) is 29.5. The molecule has 8 rings (SSSR count). The van der Waals surface area contributed by atoms with Crippen LogP contribution in [0.25, 0.3) is 0 Å². The minimum absolute atomic E-state index is 0.0383. The van der Waals surface area contributed by atoms with Gasteiger partial charge in [-0.05, 0) is 102 Å². The number of aliphatic imine (C=N–C) groups is 2. The van der Waals surface area contributed by atoms with Crippen LogP contribution in [0.15, 0.2) is 76.2 Å². The molecule has 4 heterocycles. The average Bonchev–Trinajstić information content (AvgIpc) is 4.09. The molecular formula is C37H30Cl5N7O8. The SMILES string of the molecule is Nc1cc(Cl)c(CC2=NCC(=O)C(C3CC3)=C2)c(Cl)c1.O=C(Cl)c1noc(=O)[nH]1.O=C1CN=C(Cc2c(Cl)cc(CC(=O)c3noc(=O)[nH]3)cc2Cl)C=C1C1CC1. The zero-order valence-corrected chi connectivity index (χ0v) is 33.3. The van der Waals surface area contributed by atoms with Crippen LogP contribution in [0.3, 0.4) is 0 Å². The molecule has 4 aromatic rings. The number of allylic oxidation sites excluding steroid dienone is 2. The van der Waals surface area contributed by atoms with Crippen LogP contribution in [0.5, 0.6) is 0 Å². The minimum atomic E-state index is -0.846. The van der Waals surface area contributed by atoms with E-state index in [1.807, 2.05) is 17.1 Å². The maximum absolute atomic E-state index is 12.2. The molecule has 4 aliphatic rings. The van der Waals surface area contributed by atoms with Gasteiger partial charge in [0.2, 0.25) is 17.4 Å². The molecule has 0 saturated heterocycles. The number of hydrogen-bond acceptors (Lipinski definition) is 13. The van der Waals surface area contributed by atoms with Crippen molar-refractivity contribution in [3.8, 4) is 0 Å². The van der Waals surface area contributed by atoms with E-state index in [1.165, 1.54) is 0 Å². The van der Waals surface area contributed by atoms with Crippen molar-refractivity contribution in [1.82, 2.24) is 20.3 Å². The Morgan fingerprint density at radius 2 is 1.11 bits per heavy atom. The van der Waals surface area contributed by atoms with Crippen LogP contribution in [0.2, 0.25) is 20.1 Å². The first kappa shape index (κ1) is 41.7. The number of carbonyl (C=O) groups excluding carboxylic acids is 4. The van der Waals surface area contributed by atoms with E-state index in [9.17, 15) is 28.8 Å². The normalized spacial score (nSPS) is 16.3. The van der Waals surface area contributed by atoms with E-state index in [2.05, 4.69) is 34.3 Å². The fourth-order valence-electron chi connectivity index (χ4n) is 5.85. The topological polar surface area (TPSA) is 237 Å². The Morgan fingerprint density at radius 1 is 0.684 bits per heavy atom. The van der Waals surface area contributed by atoms with Crippen LogP contribution >= 0.6 is 58.0 Å². The van der Waals surface area contributed by atoms with Gasteiger partial charge in [0.15, 0.2) is 11.6 Å². The number of ketones is 3. The van der Waals surface area contributed by atoms with Crippen molar-refractivity contribution in [2.24, 2.45) is 21.8 Å². The van der Waals surface area contributed by atoms with Gasteiger partial charge in [0, 0.05) is 67.6 Å². The highest BCUT2D eigenvalue weighted by molar-refractivity contribution is 6.67. The summed E-state index contributed by atoms with van der Waals surface area (Å²) in [4.78, 5) is 79.9. The van der Waals surface area contributed by atoms with Gasteiger partial charge in [-0.25, -0.2) is 9.59 Å². The maximum Gasteiger partial charge on any atom is 0.439 e. The molecule has 0 atom stereocenters. The molecule has 20 heteroatoms. The highest BCUT2D eigenvalue weighted by Gasteiger charge is 2.33. The number of nitrogens with two attached hydrogens (primary N) is 1. The highest BCUT2D eigenvalue weighted by Crippen LogP contribution is 2.39. The number of nitrogens with zero attached hydrogens (tertiary/aromatic N) is 4. The number of anilines is 1. The number of benzene rings is 2. The number of dihydropyridines is 2. The predicted molar refractivity (Wildman–Crippen MR) is 213 cm³/mol. The number of aromatic amines is 2. The summed E-state index contributed by atoms with van der Waals surface area (Å²) in [7, 11) is 0. The summed E-state index contributed by atoms with van der Waals surface area (Å²) in [6.07, 6.45) is 8.97. The standard InChI is InChI=1S/C19H15Cl2N3O4.C15H14Cl2N2O.C3HClN2O3/c20-14-3-9(5-16(25)18-23-19(27)28-24-18)4-15(21)13(14)7-11-6-12(10-1-2-10)17(26)8-22-11;16-13-3-9(18)4-14(17)12(13)6-10-5-11(8-1-2-8)15(20)7-19-10;4-1(7)2-5-3(8)9-6-2/h3-4,6,10H,1-2,5,7-8H2,(H,23,24,27);3-5,8H,1-2,6-7,18H2;(H,5,6,8). The van der Waals surface area contributed by atoms with Crippen molar-refractivity contribution in [3.05, 3.63) is 117 Å². The second-order valence-electron chi connectivity index (χ2n) is 13.3. The van der Waals surface area contributed by atoms with Crippen molar-refractivity contribution >= 4 is 97.7 Å². The molecule has 0 amide bonds. The number of rotatable bonds is 10. The smallest absolute Gasteiger partial charge is 0.399 e. The van der Waals surface area contributed by atoms with Gasteiger partial charge in [-0.15, -0.1) is 0 Å². The molecule has 2 aromatic carbocycles. The van der Waals surface area contributed by atoms with Crippen LogP contribution in [0.4, 0.5) is 5.69 Å². The molecule has 57 heavy (non-hydrogen) atoms. The van der Waals surface area contributed by atoms with Crippen LogP contribution in [-0.4, -0.2) is 67.4 Å². The van der Waals surface area contributed by atoms with Gasteiger partial charge in [-0.3, -0.25) is 48.2 Å². The van der Waals surface area contributed by atoms with E-state index in [4.69, 9.17) is 63.7 Å². The summed E-state index contributed by atoms with van der Waals surface area (Å²) in [6.45, 7) is 0.400. The Morgan fingerprint density at radius 3 is 1.47 bits per heavy atom. The average molecular weight is 878 g/mol. The van der Waals surface area contributed by atoms with Crippen molar-refractivity contribution in [2.45, 2.75) is 44.9 Å². The Labute approximate surface area is 347 Å². The Kier molecular flexibility index (Phi) is 13.3. The molecular weight excluding hydrogens is 848 g/mol. The predicted octanol–water partition coefficient (Wildman–Crippen LogP) is 6.22. The van der Waals surface area contributed by atoms with E-state index >= 15 is 0 Å². The van der Waals surface area contributed by atoms with Gasteiger partial charge < -0.3 is 5.73 Å². The third-order valence-corrected chi connectivity index (χ3v) is 10.5. The number of carbonyl (C=O) groups is 4. The molecule has 15 nitrogen and oxygen atoms in total. The number of nitrogen functional groups attached to an aromatic ring is 1. The fourth-order valence-corrected chi connectivity index (χ4v) is 7.23. The van der Waals surface area contributed by atoms with Gasteiger partial charge in [0.1, 0.15) is 13.1 Å². The van der Waals surface area contributed by atoms with Gasteiger partial charge in [-0.1, -0.05) is 56.7 Å². The Hall–Kier alpha value is -4.93. The lowest BCUT2D eigenvalue weighted by Gasteiger charge is -2.14. The van der Waals surface area contributed by atoms with Crippen molar-refractivity contribution in [1.29, 1.82) is 0 Å². The lowest BCUT2D eigenvalue weighted by molar-refractivity contribution is -0.115. The lowest BCUT2D eigenvalue weighted by Crippen LogP contribution is -2.18. The van der Waals surface area contributed by atoms with Gasteiger partial charge in [0.05, 0.1) is 0 Å². The Bertz CT molecular complexity index is 2480. The van der Waals surface area contributed by atoms with Crippen molar-refractivity contribution < 1.29 is 28.2 Å². The summed E-state index contributed by atoms with van der Waals surface area (Å²) in [5.74, 6) is -1.40. The molecule has 2 saturated carbocycles. The number of hydrogen-bond donors (Lipinski definition) is 3. The maximum atomic E-state index is 12.2. The third kappa shape index (κ3) is 11.1. The lowest BCUT2D eigenvalue weighted by atomic mass is 9.97. The molecule has 4 N–H and O–H groups in total. The molecule has 296 valence electrons. The molecule has 0 spiro atoms. The van der Waals surface area contributed by atoms with Gasteiger partial charge in [0.25, 0.3) is 5.24 Å². The van der Waals surface area contributed by atoms with Crippen molar-refractivity contribution in [2.75, 3.05) is 18.8 Å². The number of aromatic nitrogens is 4. The molecule has 2 aromatic heterocycles. The highest BCUT2D eigenvalue weighted by atomic mass is 35.5. The van der Waals surface area contributed by atoms with E-state index in [-0.39, 0.29) is 42.7 Å². The zero-order chi connectivity index (χ0) is 41.0. The molecule has 2 aliphatic carbocycles. The van der Waals surface area contributed by atoms with E-state index in [0.717, 1.165) is 53.8 Å². The summed E-state index contributed by atoms with van der Waals surface area (Å²) >= 11 is 30.1. The minimum Gasteiger partial charge on any atom is -0.399 e. The van der Waals surface area contributed by atoms with E-state index < -0.39 is 22.5 Å². The van der Waals surface area contributed by atoms with Crippen LogP contribution in [0, 0.1) is 11.8 Å². The third-order valence-electron chi connectivity index (χ3n) is 8.95. The molecule has 2 aliphatic heterocycles. The molecule has 0 radical (unpaired) electrons. The molecule has 2 fully saturated rings. The first-order chi connectivity index (χ1) is 27.1.